The number of aromatic nitrogens is 2. The Labute approximate surface area is 253 Å². The molecule has 0 spiro atoms. The van der Waals surface area contributed by atoms with Crippen molar-refractivity contribution in [1.82, 2.24) is 4.57 Å². The molecule has 0 radical (unpaired) electrons. The fourth-order valence-electron chi connectivity index (χ4n) is 6.33. The standard InChI is InChI=1S/C38H75N2/c1-4-7-10-13-15-17-19-20-21-23-25-27-30-33-38-39(34-31-28-12-9-6-3)36-37-40(38)35-32-29-26-24-22-18-16-14-11-8-5-2/h36-37H,4-35H2,1-3H3/q+1. The second-order valence-electron chi connectivity index (χ2n) is 13.0. The van der Waals surface area contributed by atoms with Crippen molar-refractivity contribution >= 4 is 0 Å². The molecule has 236 valence electrons. The molecule has 0 aliphatic heterocycles. The molecule has 1 heterocycles. The van der Waals surface area contributed by atoms with E-state index >= 15 is 0 Å². The predicted octanol–water partition coefficient (Wildman–Crippen LogP) is 12.7. The molecule has 0 fully saturated rings. The summed E-state index contributed by atoms with van der Waals surface area (Å²) >= 11 is 0. The molecule has 1 rings (SSSR count). The molecule has 0 amide bonds. The smallest absolute Gasteiger partial charge is 0.234 e. The Bertz CT molecular complexity index is 619. The summed E-state index contributed by atoms with van der Waals surface area (Å²) in [5.41, 5.74) is 0. The highest BCUT2D eigenvalue weighted by molar-refractivity contribution is 4.84. The zero-order chi connectivity index (χ0) is 28.8. The first-order valence-electron chi connectivity index (χ1n) is 18.9. The topological polar surface area (TPSA) is 8.81 Å². The van der Waals surface area contributed by atoms with E-state index in [9.17, 15) is 0 Å². The monoisotopic (exact) mass is 560 g/mol. The molecule has 1 aromatic heterocycles. The van der Waals surface area contributed by atoms with Gasteiger partial charge in [-0.3, -0.25) is 0 Å². The number of imidazole rings is 1. The number of unbranched alkanes of at least 4 members (excludes halogenated alkanes) is 26. The van der Waals surface area contributed by atoms with E-state index in [-0.39, 0.29) is 0 Å². The van der Waals surface area contributed by atoms with Crippen LogP contribution in [0.1, 0.15) is 213 Å². The van der Waals surface area contributed by atoms with E-state index in [1.165, 1.54) is 206 Å². The van der Waals surface area contributed by atoms with Gasteiger partial charge >= 0.3 is 0 Å². The Kier molecular flexibility index (Phi) is 27.6. The van der Waals surface area contributed by atoms with Gasteiger partial charge in [0.1, 0.15) is 12.4 Å². The molecule has 2 heteroatoms. The van der Waals surface area contributed by atoms with Crippen molar-refractivity contribution in [3.05, 3.63) is 18.2 Å². The maximum Gasteiger partial charge on any atom is 0.256 e. The molecule has 0 aliphatic carbocycles. The van der Waals surface area contributed by atoms with E-state index in [4.69, 9.17) is 0 Å². The van der Waals surface area contributed by atoms with Crippen LogP contribution in [0.5, 0.6) is 0 Å². The highest BCUT2D eigenvalue weighted by Crippen LogP contribution is 2.15. The summed E-state index contributed by atoms with van der Waals surface area (Å²) in [6.45, 7) is 9.39. The Balaban J connectivity index is 2.24. The van der Waals surface area contributed by atoms with Crippen molar-refractivity contribution in [2.45, 2.75) is 226 Å². The molecule has 0 aromatic carbocycles. The van der Waals surface area contributed by atoms with Crippen molar-refractivity contribution in [3.63, 3.8) is 0 Å². The van der Waals surface area contributed by atoms with Gasteiger partial charge in [-0.2, -0.15) is 0 Å². The lowest BCUT2D eigenvalue weighted by molar-refractivity contribution is -0.704. The van der Waals surface area contributed by atoms with Gasteiger partial charge in [0, 0.05) is 6.42 Å². The average molecular weight is 560 g/mol. The van der Waals surface area contributed by atoms with Gasteiger partial charge in [0.2, 0.25) is 0 Å². The van der Waals surface area contributed by atoms with Crippen LogP contribution >= 0.6 is 0 Å². The number of hydrogen-bond donors (Lipinski definition) is 0. The van der Waals surface area contributed by atoms with Crippen LogP contribution in [0.25, 0.3) is 0 Å². The van der Waals surface area contributed by atoms with Crippen LogP contribution in [0.2, 0.25) is 0 Å². The molecule has 40 heavy (non-hydrogen) atoms. The Morgan fingerprint density at radius 1 is 0.425 bits per heavy atom. The second-order valence-corrected chi connectivity index (χ2v) is 13.0. The first kappa shape index (κ1) is 37.2. The Hall–Kier alpha value is -0.790. The zero-order valence-corrected chi connectivity index (χ0v) is 28.2. The van der Waals surface area contributed by atoms with Crippen LogP contribution < -0.4 is 4.57 Å². The molecule has 1 aromatic rings. The van der Waals surface area contributed by atoms with Gasteiger partial charge < -0.3 is 0 Å². The number of rotatable bonds is 32. The fraction of sp³-hybridized carbons (Fsp3) is 0.921. The van der Waals surface area contributed by atoms with Gasteiger partial charge in [-0.1, -0.05) is 175 Å². The van der Waals surface area contributed by atoms with Crippen molar-refractivity contribution in [2.24, 2.45) is 0 Å². The van der Waals surface area contributed by atoms with Crippen molar-refractivity contribution in [1.29, 1.82) is 0 Å². The summed E-state index contributed by atoms with van der Waals surface area (Å²) in [4.78, 5) is 0. The molecule has 0 aliphatic rings. The van der Waals surface area contributed by atoms with E-state index in [1.54, 1.807) is 5.82 Å². The van der Waals surface area contributed by atoms with E-state index in [2.05, 4.69) is 42.3 Å². The average Bonchev–Trinajstić information content (AvgIpc) is 3.35. The molecular weight excluding hydrogens is 484 g/mol. The van der Waals surface area contributed by atoms with Crippen LogP contribution in [0, 0.1) is 0 Å². The van der Waals surface area contributed by atoms with E-state index in [0.717, 1.165) is 0 Å². The lowest BCUT2D eigenvalue weighted by Gasteiger charge is -2.07. The van der Waals surface area contributed by atoms with Gasteiger partial charge in [0.25, 0.3) is 5.82 Å². The molecule has 0 N–H and O–H groups in total. The fourth-order valence-corrected chi connectivity index (χ4v) is 6.33. The Morgan fingerprint density at radius 3 is 1.20 bits per heavy atom. The minimum atomic E-state index is 1.22. The minimum absolute atomic E-state index is 1.22. The molecule has 0 atom stereocenters. The highest BCUT2D eigenvalue weighted by atomic mass is 15.1. The third kappa shape index (κ3) is 21.9. The third-order valence-electron chi connectivity index (χ3n) is 9.10. The number of nitrogens with zero attached hydrogens (tertiary/aromatic N) is 2. The largest absolute Gasteiger partial charge is 0.256 e. The molecule has 0 bridgehead atoms. The van der Waals surface area contributed by atoms with Gasteiger partial charge in [-0.05, 0) is 32.1 Å². The normalized spacial score (nSPS) is 11.6. The first-order valence-corrected chi connectivity index (χ1v) is 18.9. The van der Waals surface area contributed by atoms with Crippen LogP contribution in [0.15, 0.2) is 12.4 Å². The van der Waals surface area contributed by atoms with Gasteiger partial charge in [0.05, 0.1) is 13.1 Å². The summed E-state index contributed by atoms with van der Waals surface area (Å²) in [6.07, 6.45) is 47.4. The number of hydrogen-bond acceptors (Lipinski definition) is 0. The SMILES string of the molecule is CCCCCCCCCCCCCCCc1n(CCCCCCCCCCCCC)cc[n+]1CCCCCCC. The predicted molar refractivity (Wildman–Crippen MR) is 179 cm³/mol. The van der Waals surface area contributed by atoms with E-state index in [1.807, 2.05) is 0 Å². The highest BCUT2D eigenvalue weighted by Gasteiger charge is 2.16. The molecule has 0 saturated heterocycles. The molecule has 2 nitrogen and oxygen atoms in total. The molecular formula is C38H75N2+. The van der Waals surface area contributed by atoms with Gasteiger partial charge in [0.15, 0.2) is 0 Å². The number of aryl methyl sites for hydroxylation is 2. The first-order chi connectivity index (χ1) is 19.8. The maximum absolute atomic E-state index is 2.63. The van der Waals surface area contributed by atoms with Crippen molar-refractivity contribution in [3.8, 4) is 0 Å². The van der Waals surface area contributed by atoms with Crippen molar-refractivity contribution < 1.29 is 4.57 Å². The van der Waals surface area contributed by atoms with Crippen LogP contribution in [0.4, 0.5) is 0 Å². The summed E-state index contributed by atoms with van der Waals surface area (Å²) in [7, 11) is 0. The summed E-state index contributed by atoms with van der Waals surface area (Å²) in [6, 6.07) is 0. The quantitative estimate of drug-likeness (QED) is 0.0613. The lowest BCUT2D eigenvalue weighted by Crippen LogP contribution is -2.37. The summed E-state index contributed by atoms with van der Waals surface area (Å²) in [5.74, 6) is 1.62. The van der Waals surface area contributed by atoms with Gasteiger partial charge in [-0.25, -0.2) is 9.13 Å². The van der Waals surface area contributed by atoms with Crippen LogP contribution in [-0.4, -0.2) is 4.57 Å². The maximum atomic E-state index is 2.63. The summed E-state index contributed by atoms with van der Waals surface area (Å²) in [5, 5.41) is 0. The van der Waals surface area contributed by atoms with Crippen LogP contribution in [0.3, 0.4) is 0 Å². The second kappa shape index (κ2) is 29.7. The van der Waals surface area contributed by atoms with Gasteiger partial charge in [-0.15, -0.1) is 0 Å². The van der Waals surface area contributed by atoms with Crippen LogP contribution in [-0.2, 0) is 19.5 Å². The van der Waals surface area contributed by atoms with E-state index in [0.29, 0.717) is 0 Å². The van der Waals surface area contributed by atoms with Crippen molar-refractivity contribution in [2.75, 3.05) is 0 Å². The van der Waals surface area contributed by atoms with E-state index < -0.39 is 0 Å². The minimum Gasteiger partial charge on any atom is -0.234 e. The Morgan fingerprint density at radius 2 is 0.775 bits per heavy atom. The third-order valence-corrected chi connectivity index (χ3v) is 9.10. The lowest BCUT2D eigenvalue weighted by atomic mass is 10.0. The molecule has 0 unspecified atom stereocenters. The molecule has 0 saturated carbocycles. The summed E-state index contributed by atoms with van der Waals surface area (Å²) < 4.78 is 5.24. The zero-order valence-electron chi connectivity index (χ0n) is 28.2.